The number of halogens is 2. The van der Waals surface area contributed by atoms with E-state index in [0.29, 0.717) is 5.52 Å². The van der Waals surface area contributed by atoms with E-state index in [1.807, 2.05) is 0 Å². The largest absolute Gasteiger partial charge is 0.439 e. The fourth-order valence-corrected chi connectivity index (χ4v) is 3.43. The molecule has 0 spiro atoms. The minimum atomic E-state index is -1.73. The van der Waals surface area contributed by atoms with Crippen molar-refractivity contribution in [1.82, 2.24) is 9.55 Å². The molecule has 134 valence electrons. The first-order valence-electron chi connectivity index (χ1n) is 7.72. The van der Waals surface area contributed by atoms with Gasteiger partial charge in [-0.1, -0.05) is 17.7 Å². The van der Waals surface area contributed by atoms with Gasteiger partial charge < -0.3 is 15.6 Å². The van der Waals surface area contributed by atoms with Crippen molar-refractivity contribution in [2.75, 3.05) is 6.61 Å². The van der Waals surface area contributed by atoms with E-state index < -0.39 is 36.1 Å². The van der Waals surface area contributed by atoms with E-state index in [9.17, 15) is 14.0 Å². The molecule has 2 aromatic rings. The van der Waals surface area contributed by atoms with Gasteiger partial charge in [-0.3, -0.25) is 9.36 Å². The maximum absolute atomic E-state index is 14.1. The van der Waals surface area contributed by atoms with Crippen LogP contribution in [0.1, 0.15) is 37.7 Å². The number of ether oxygens (including phenoxy) is 1. The summed E-state index contributed by atoms with van der Waals surface area (Å²) < 4.78 is 20.4. The van der Waals surface area contributed by atoms with E-state index in [4.69, 9.17) is 27.2 Å². The number of hydrogen-bond donors (Lipinski definition) is 2. The quantitative estimate of drug-likeness (QED) is 0.859. The highest BCUT2D eigenvalue weighted by Crippen LogP contribution is 2.44. The number of primary amides is 1. The van der Waals surface area contributed by atoms with E-state index in [2.05, 4.69) is 4.98 Å². The van der Waals surface area contributed by atoms with Crippen molar-refractivity contribution in [3.63, 3.8) is 0 Å². The van der Waals surface area contributed by atoms with Crippen LogP contribution < -0.4 is 11.3 Å². The van der Waals surface area contributed by atoms with Crippen LogP contribution in [0.3, 0.4) is 0 Å². The number of alkyl halides is 1. The Hall–Kier alpha value is -2.19. The molecule has 0 aliphatic heterocycles. The van der Waals surface area contributed by atoms with Gasteiger partial charge in [-0.15, -0.1) is 0 Å². The van der Waals surface area contributed by atoms with Gasteiger partial charge in [0.1, 0.15) is 5.67 Å². The molecule has 0 saturated heterocycles. The number of aromatic nitrogens is 2. The second-order valence-corrected chi connectivity index (χ2v) is 6.64. The van der Waals surface area contributed by atoms with Crippen LogP contribution in [0.2, 0.25) is 5.02 Å². The van der Waals surface area contributed by atoms with Crippen molar-refractivity contribution in [2.45, 2.75) is 37.6 Å². The zero-order chi connectivity index (χ0) is 18.4. The number of fused-ring (bicyclic) bond motifs is 1. The highest BCUT2D eigenvalue weighted by Gasteiger charge is 2.47. The van der Waals surface area contributed by atoms with Crippen LogP contribution in [-0.2, 0) is 4.74 Å². The predicted molar refractivity (Wildman–Crippen MR) is 89.3 cm³/mol. The average Bonchev–Trinajstić information content (AvgIpc) is 2.51. The first-order chi connectivity index (χ1) is 11.8. The number of nitrogens with zero attached hydrogens (tertiary/aromatic N) is 2. The van der Waals surface area contributed by atoms with Gasteiger partial charge in [-0.2, -0.15) is 0 Å². The summed E-state index contributed by atoms with van der Waals surface area (Å²) in [6.07, 6.45) is -2.00. The second kappa shape index (κ2) is 6.27. The summed E-state index contributed by atoms with van der Waals surface area (Å²) in [7, 11) is 0. The highest BCUT2D eigenvalue weighted by molar-refractivity contribution is 6.35. The fourth-order valence-electron chi connectivity index (χ4n) is 3.18. The third-order valence-corrected chi connectivity index (χ3v) is 4.73. The van der Waals surface area contributed by atoms with E-state index in [1.165, 1.54) is 11.5 Å². The third-order valence-electron chi connectivity index (χ3n) is 4.41. The molecule has 1 aromatic heterocycles. The Morgan fingerprint density at radius 3 is 2.88 bits per heavy atom. The lowest BCUT2D eigenvalue weighted by Crippen LogP contribution is -2.47. The number of hydrogen-bond acceptors (Lipinski definition) is 5. The van der Waals surface area contributed by atoms with Gasteiger partial charge in [0.2, 0.25) is 0 Å². The number of amides is 1. The van der Waals surface area contributed by atoms with Crippen LogP contribution >= 0.6 is 11.6 Å². The summed E-state index contributed by atoms with van der Waals surface area (Å²) >= 11 is 6.13. The molecular weight excluding hydrogens is 353 g/mol. The minimum Gasteiger partial charge on any atom is -0.439 e. The summed E-state index contributed by atoms with van der Waals surface area (Å²) in [5.41, 5.74) is 3.22. The van der Waals surface area contributed by atoms with Crippen molar-refractivity contribution >= 4 is 28.6 Å². The molecule has 1 aliphatic carbocycles. The maximum Gasteiger partial charge on any atom is 0.405 e. The number of aliphatic hydroxyl groups is 1. The van der Waals surface area contributed by atoms with Crippen LogP contribution in [0.15, 0.2) is 23.0 Å². The van der Waals surface area contributed by atoms with Crippen LogP contribution in [0.5, 0.6) is 0 Å². The zero-order valence-corrected chi connectivity index (χ0v) is 14.2. The summed E-state index contributed by atoms with van der Waals surface area (Å²) in [6, 6.07) is 4.30. The van der Waals surface area contributed by atoms with Gasteiger partial charge in [0, 0.05) is 18.9 Å². The number of carbonyl (C=O) groups is 1. The fraction of sp³-hybridized carbons (Fsp3) is 0.438. The van der Waals surface area contributed by atoms with Crippen LogP contribution in [0, 0.1) is 0 Å². The van der Waals surface area contributed by atoms with E-state index in [0.717, 1.165) is 0 Å². The third kappa shape index (κ3) is 3.07. The number of rotatable bonds is 4. The molecule has 3 rings (SSSR count). The molecule has 1 aromatic carbocycles. The zero-order valence-electron chi connectivity index (χ0n) is 13.4. The van der Waals surface area contributed by atoms with Crippen LogP contribution in [0.4, 0.5) is 9.18 Å². The van der Waals surface area contributed by atoms with Crippen LogP contribution in [-0.4, -0.2) is 33.0 Å². The molecule has 1 atom stereocenters. The summed E-state index contributed by atoms with van der Waals surface area (Å²) in [5.74, 6) is 0.156. The first kappa shape index (κ1) is 17.6. The molecule has 1 aliphatic rings. The first-order valence-corrected chi connectivity index (χ1v) is 8.10. The van der Waals surface area contributed by atoms with Crippen molar-refractivity contribution in [3.8, 4) is 0 Å². The Morgan fingerprint density at radius 2 is 2.28 bits per heavy atom. The average molecular weight is 370 g/mol. The van der Waals surface area contributed by atoms with Gasteiger partial charge in [0.15, 0.2) is 11.9 Å². The topological polar surface area (TPSA) is 107 Å². The van der Waals surface area contributed by atoms with Crippen molar-refractivity contribution in [3.05, 3.63) is 39.4 Å². The molecule has 25 heavy (non-hydrogen) atoms. The van der Waals surface area contributed by atoms with Gasteiger partial charge in [-0.25, -0.2) is 14.2 Å². The Balaban J connectivity index is 2.17. The smallest absolute Gasteiger partial charge is 0.405 e. The van der Waals surface area contributed by atoms with Crippen molar-refractivity contribution in [1.29, 1.82) is 0 Å². The Morgan fingerprint density at radius 1 is 1.60 bits per heavy atom. The Kier molecular flexibility index (Phi) is 4.42. The molecule has 7 nitrogen and oxygen atoms in total. The number of carbonyl (C=O) groups excluding carboxylic acids is 1. The molecular formula is C16H17ClFN3O4. The lowest BCUT2D eigenvalue weighted by atomic mass is 9.77. The van der Waals surface area contributed by atoms with E-state index in [1.54, 1.807) is 18.2 Å². The highest BCUT2D eigenvalue weighted by atomic mass is 35.5. The molecule has 0 unspecified atom stereocenters. The van der Waals surface area contributed by atoms with E-state index in [-0.39, 0.29) is 29.1 Å². The number of aliphatic hydroxyl groups excluding tert-OH is 1. The van der Waals surface area contributed by atoms with Gasteiger partial charge in [0.05, 0.1) is 22.5 Å². The maximum atomic E-state index is 14.1. The van der Waals surface area contributed by atoms with Crippen molar-refractivity contribution in [2.24, 2.45) is 5.73 Å². The molecule has 1 amide bonds. The molecule has 0 bridgehead atoms. The summed E-state index contributed by atoms with van der Waals surface area (Å²) in [5, 5.41) is 9.54. The van der Waals surface area contributed by atoms with Gasteiger partial charge in [0.25, 0.3) is 5.56 Å². The van der Waals surface area contributed by atoms with Crippen molar-refractivity contribution < 1.29 is 19.0 Å². The van der Waals surface area contributed by atoms with E-state index >= 15 is 0 Å². The normalized spacial score (nSPS) is 23.9. The number of benzene rings is 1. The monoisotopic (exact) mass is 369 g/mol. The van der Waals surface area contributed by atoms with Gasteiger partial charge >= 0.3 is 6.09 Å². The molecule has 1 fully saturated rings. The Labute approximate surface area is 147 Å². The van der Waals surface area contributed by atoms with Crippen LogP contribution in [0.25, 0.3) is 10.9 Å². The molecule has 3 N–H and O–H groups in total. The number of nitrogens with two attached hydrogens (primary N) is 1. The minimum absolute atomic E-state index is 0.0443. The predicted octanol–water partition coefficient (Wildman–Crippen LogP) is 2.24. The SMILES string of the molecule is C[C@H](OC(N)=O)c1nc2cccc(Cl)c2c(=O)n1C1CC(F)(CO)C1. The molecule has 1 heterocycles. The molecule has 0 radical (unpaired) electrons. The summed E-state index contributed by atoms with van der Waals surface area (Å²) in [4.78, 5) is 28.4. The molecule has 1 saturated carbocycles. The summed E-state index contributed by atoms with van der Waals surface area (Å²) in [6.45, 7) is 0.898. The molecule has 9 heteroatoms. The lowest BCUT2D eigenvalue weighted by Gasteiger charge is -2.41. The Bertz CT molecular complexity index is 895. The lowest BCUT2D eigenvalue weighted by molar-refractivity contribution is -0.0370. The standard InChI is InChI=1S/C16H17ClFN3O4/c1-8(25-15(19)24)13-20-11-4-2-3-10(17)12(11)14(23)21(13)9-5-16(18,6-9)7-22/h2-4,8-9,22H,5-7H2,1H3,(H2,19,24)/t8-,9?,16?/m0/s1. The van der Waals surface area contributed by atoms with Gasteiger partial charge in [-0.05, 0) is 19.1 Å². The second-order valence-electron chi connectivity index (χ2n) is 6.23.